The number of carbonyl (C=O) groups excluding carboxylic acids is 1. The summed E-state index contributed by atoms with van der Waals surface area (Å²) in [6, 6.07) is 13.5. The van der Waals surface area contributed by atoms with Crippen LogP contribution in [0.25, 0.3) is 22.2 Å². The summed E-state index contributed by atoms with van der Waals surface area (Å²) >= 11 is 0. The van der Waals surface area contributed by atoms with E-state index in [1.165, 1.54) is 0 Å². The second-order valence-electron chi connectivity index (χ2n) is 5.50. The minimum Gasteiger partial charge on any atom is -0.462 e. The number of carbonyl (C=O) groups is 1. The van der Waals surface area contributed by atoms with Crippen LogP contribution in [0.1, 0.15) is 12.5 Å². The Kier molecular flexibility index (Phi) is 4.29. The number of aromatic nitrogens is 3. The number of hydrogen-bond donors (Lipinski definition) is 1. The molecule has 6 heteroatoms. The molecule has 0 aliphatic heterocycles. The van der Waals surface area contributed by atoms with Gasteiger partial charge in [-0.15, -0.1) is 10.2 Å². The van der Waals surface area contributed by atoms with Gasteiger partial charge in [0.25, 0.3) is 0 Å². The van der Waals surface area contributed by atoms with Gasteiger partial charge in [0.15, 0.2) is 0 Å². The van der Waals surface area contributed by atoms with Crippen molar-refractivity contribution in [1.29, 1.82) is 0 Å². The Morgan fingerprint density at radius 1 is 1.21 bits per heavy atom. The molecule has 6 nitrogen and oxygen atoms in total. The quantitative estimate of drug-likeness (QED) is 0.444. The van der Waals surface area contributed by atoms with Gasteiger partial charge in [0, 0.05) is 12.0 Å². The van der Waals surface area contributed by atoms with E-state index in [9.17, 15) is 10.0 Å². The maximum absolute atomic E-state index is 11.5. The molecule has 0 unspecified atom stereocenters. The number of ether oxygens (including phenoxy) is 1. The Labute approximate surface area is 138 Å². The van der Waals surface area contributed by atoms with Crippen LogP contribution < -0.4 is 0 Å². The van der Waals surface area contributed by atoms with Crippen LogP contribution in [0.5, 0.6) is 0 Å². The lowest BCUT2D eigenvalue weighted by Gasteiger charge is -2.10. The van der Waals surface area contributed by atoms with E-state index < -0.39 is 0 Å². The van der Waals surface area contributed by atoms with Crippen LogP contribution in [0.15, 0.2) is 54.6 Å². The van der Waals surface area contributed by atoms with Crippen LogP contribution in [0.2, 0.25) is 0 Å². The highest BCUT2D eigenvalue weighted by Crippen LogP contribution is 2.26. The Balaban J connectivity index is 1.84. The summed E-state index contributed by atoms with van der Waals surface area (Å²) in [5.74, 6) is -0.381. The van der Waals surface area contributed by atoms with E-state index in [4.69, 9.17) is 4.74 Å². The molecule has 0 spiro atoms. The first-order valence-electron chi connectivity index (χ1n) is 7.52. The van der Waals surface area contributed by atoms with Crippen molar-refractivity contribution in [2.45, 2.75) is 13.3 Å². The van der Waals surface area contributed by atoms with Gasteiger partial charge < -0.3 is 9.94 Å². The van der Waals surface area contributed by atoms with Crippen LogP contribution in [-0.2, 0) is 16.0 Å². The lowest BCUT2D eigenvalue weighted by Crippen LogP contribution is -2.08. The maximum Gasteiger partial charge on any atom is 0.333 e. The van der Waals surface area contributed by atoms with Gasteiger partial charge in [-0.3, -0.25) is 0 Å². The van der Waals surface area contributed by atoms with E-state index in [-0.39, 0.29) is 12.6 Å². The Morgan fingerprint density at radius 3 is 2.75 bits per heavy atom. The molecule has 0 fully saturated rings. The average Bonchev–Trinajstić information content (AvgIpc) is 2.94. The largest absolute Gasteiger partial charge is 0.462 e. The van der Waals surface area contributed by atoms with E-state index >= 15 is 0 Å². The summed E-state index contributed by atoms with van der Waals surface area (Å²) in [6.45, 7) is 5.48. The number of esters is 1. The molecule has 2 aromatic carbocycles. The van der Waals surface area contributed by atoms with Crippen molar-refractivity contribution in [2.75, 3.05) is 6.61 Å². The summed E-state index contributed by atoms with van der Waals surface area (Å²) < 4.78 is 5.17. The molecule has 1 heterocycles. The first-order valence-corrected chi connectivity index (χ1v) is 7.52. The first-order chi connectivity index (χ1) is 11.5. The summed E-state index contributed by atoms with van der Waals surface area (Å²) in [4.78, 5) is 12.0. The van der Waals surface area contributed by atoms with E-state index in [2.05, 4.69) is 16.8 Å². The van der Waals surface area contributed by atoms with Crippen LogP contribution in [0.3, 0.4) is 0 Å². The molecule has 0 saturated carbocycles. The number of hydrogen-bond acceptors (Lipinski definition) is 5. The van der Waals surface area contributed by atoms with Crippen molar-refractivity contribution in [2.24, 2.45) is 0 Å². The third-order valence-electron chi connectivity index (χ3n) is 3.65. The van der Waals surface area contributed by atoms with Gasteiger partial charge in [-0.2, -0.15) is 0 Å². The Morgan fingerprint density at radius 2 is 1.96 bits per heavy atom. The standard InChI is InChI=1S/C18H17N3O3/c1-12(2)18(22)24-10-9-13-5-3-4-6-15(13)14-7-8-16-17(11-14)20-21(23)19-16/h3-8,11,23H,1,9-10H2,2H3. The van der Waals surface area contributed by atoms with Gasteiger partial charge in [0.1, 0.15) is 11.0 Å². The number of rotatable bonds is 5. The number of benzene rings is 2. The van der Waals surface area contributed by atoms with E-state index in [0.717, 1.165) is 16.7 Å². The molecule has 1 N–H and O–H groups in total. The zero-order valence-electron chi connectivity index (χ0n) is 13.3. The van der Waals surface area contributed by atoms with Gasteiger partial charge in [-0.25, -0.2) is 4.79 Å². The zero-order chi connectivity index (χ0) is 17.1. The van der Waals surface area contributed by atoms with E-state index in [0.29, 0.717) is 28.0 Å². The third-order valence-corrected chi connectivity index (χ3v) is 3.65. The van der Waals surface area contributed by atoms with Crippen LogP contribution in [0, 0.1) is 0 Å². The lowest BCUT2D eigenvalue weighted by atomic mass is 9.97. The monoisotopic (exact) mass is 323 g/mol. The van der Waals surface area contributed by atoms with Gasteiger partial charge in [0.05, 0.1) is 6.61 Å². The molecule has 122 valence electrons. The predicted molar refractivity (Wildman–Crippen MR) is 89.6 cm³/mol. The van der Waals surface area contributed by atoms with Crippen LogP contribution in [-0.4, -0.2) is 32.9 Å². The fourth-order valence-corrected chi connectivity index (χ4v) is 2.47. The summed E-state index contributed by atoms with van der Waals surface area (Å²) in [7, 11) is 0. The van der Waals surface area contributed by atoms with Crippen LogP contribution in [0.4, 0.5) is 0 Å². The zero-order valence-corrected chi connectivity index (χ0v) is 13.3. The van der Waals surface area contributed by atoms with E-state index in [1.54, 1.807) is 6.92 Å². The normalized spacial score (nSPS) is 10.7. The van der Waals surface area contributed by atoms with Gasteiger partial charge >= 0.3 is 5.97 Å². The minimum absolute atomic E-state index is 0.289. The molecular formula is C18H17N3O3. The van der Waals surface area contributed by atoms with E-state index in [1.807, 2.05) is 42.5 Å². The first kappa shape index (κ1) is 15.7. The van der Waals surface area contributed by atoms with Crippen molar-refractivity contribution >= 4 is 17.0 Å². The van der Waals surface area contributed by atoms with Crippen molar-refractivity contribution in [1.82, 2.24) is 15.2 Å². The molecule has 3 aromatic rings. The van der Waals surface area contributed by atoms with Crippen LogP contribution >= 0.6 is 0 Å². The van der Waals surface area contributed by atoms with Crippen molar-refractivity contribution in [3.8, 4) is 11.1 Å². The molecule has 3 rings (SSSR count). The lowest BCUT2D eigenvalue weighted by molar-refractivity contribution is -0.138. The SMILES string of the molecule is C=C(C)C(=O)OCCc1ccccc1-c1ccc2nn(O)nc2c1. The smallest absolute Gasteiger partial charge is 0.333 e. The Bertz CT molecular complexity index is 915. The highest BCUT2D eigenvalue weighted by molar-refractivity contribution is 5.87. The minimum atomic E-state index is -0.381. The molecule has 0 bridgehead atoms. The second-order valence-corrected chi connectivity index (χ2v) is 5.50. The summed E-state index contributed by atoms with van der Waals surface area (Å²) in [6.07, 6.45) is 0.597. The van der Waals surface area contributed by atoms with Gasteiger partial charge in [-0.05, 0) is 40.7 Å². The topological polar surface area (TPSA) is 77.2 Å². The molecule has 0 saturated heterocycles. The molecule has 0 radical (unpaired) electrons. The molecule has 0 aliphatic rings. The average molecular weight is 323 g/mol. The molecule has 24 heavy (non-hydrogen) atoms. The highest BCUT2D eigenvalue weighted by atomic mass is 16.5. The summed E-state index contributed by atoms with van der Waals surface area (Å²) in [5.41, 5.74) is 4.67. The highest BCUT2D eigenvalue weighted by Gasteiger charge is 2.09. The Hall–Kier alpha value is -3.15. The van der Waals surface area contributed by atoms with Gasteiger partial charge in [0.2, 0.25) is 0 Å². The molecular weight excluding hydrogens is 306 g/mol. The third kappa shape index (κ3) is 3.27. The number of fused-ring (bicyclic) bond motifs is 1. The second kappa shape index (κ2) is 6.54. The molecule has 0 amide bonds. The molecule has 0 atom stereocenters. The summed E-state index contributed by atoms with van der Waals surface area (Å²) in [5, 5.41) is 17.1. The maximum atomic E-state index is 11.5. The fourth-order valence-electron chi connectivity index (χ4n) is 2.47. The predicted octanol–water partition coefficient (Wildman–Crippen LogP) is 3.00. The molecule has 1 aromatic heterocycles. The van der Waals surface area contributed by atoms with Gasteiger partial charge in [-0.1, -0.05) is 36.9 Å². The van der Waals surface area contributed by atoms with Crippen molar-refractivity contribution < 1.29 is 14.7 Å². The van der Waals surface area contributed by atoms with Crippen molar-refractivity contribution in [3.63, 3.8) is 0 Å². The molecule has 0 aliphatic carbocycles. The fraction of sp³-hybridized carbons (Fsp3) is 0.167. The van der Waals surface area contributed by atoms with Crippen molar-refractivity contribution in [3.05, 3.63) is 60.2 Å². The number of nitrogens with zero attached hydrogens (tertiary/aromatic N) is 3.